The molecule has 0 unspecified atom stereocenters. The normalized spacial score (nSPS) is 15.5. The lowest BCUT2D eigenvalue weighted by Crippen LogP contribution is -2.51. The summed E-state index contributed by atoms with van der Waals surface area (Å²) in [5.74, 6) is 1.49. The van der Waals surface area contributed by atoms with Crippen molar-refractivity contribution in [3.8, 4) is 11.5 Å². The first-order chi connectivity index (χ1) is 13.6. The number of anilines is 2. The monoisotopic (exact) mass is 382 g/mol. The van der Waals surface area contributed by atoms with Crippen molar-refractivity contribution in [2.75, 3.05) is 56.9 Å². The maximum Gasteiger partial charge on any atom is 0.317 e. The van der Waals surface area contributed by atoms with Crippen molar-refractivity contribution in [3.63, 3.8) is 0 Å². The molecule has 1 N–H and O–H groups in total. The van der Waals surface area contributed by atoms with Gasteiger partial charge in [-0.25, -0.2) is 4.79 Å². The Morgan fingerprint density at radius 1 is 1.00 bits per heavy atom. The van der Waals surface area contributed by atoms with Crippen LogP contribution in [0.5, 0.6) is 11.5 Å². The van der Waals surface area contributed by atoms with Crippen LogP contribution >= 0.6 is 0 Å². The molecule has 0 atom stereocenters. The Morgan fingerprint density at radius 3 is 2.43 bits per heavy atom. The number of carbonyl (C=O) groups is 1. The van der Waals surface area contributed by atoms with E-state index in [1.54, 1.807) is 0 Å². The first-order valence-electron chi connectivity index (χ1n) is 9.54. The molecule has 4 rings (SSSR count). The summed E-state index contributed by atoms with van der Waals surface area (Å²) in [6, 6.07) is 14.3. The zero-order valence-electron chi connectivity index (χ0n) is 16.4. The third kappa shape index (κ3) is 3.93. The summed E-state index contributed by atoms with van der Waals surface area (Å²) in [7, 11) is 4.08. The zero-order valence-corrected chi connectivity index (χ0v) is 16.4. The van der Waals surface area contributed by atoms with E-state index in [0.717, 1.165) is 30.2 Å². The molecule has 2 aliphatic heterocycles. The van der Waals surface area contributed by atoms with Gasteiger partial charge >= 0.3 is 6.03 Å². The highest BCUT2D eigenvalue weighted by molar-refractivity contribution is 5.74. The molecule has 2 aromatic carbocycles. The van der Waals surface area contributed by atoms with Crippen LogP contribution in [0.2, 0.25) is 0 Å². The lowest BCUT2D eigenvalue weighted by molar-refractivity contribution is 0.174. The third-order valence-electron chi connectivity index (χ3n) is 5.18. The number of carbonyl (C=O) groups excluding carboxylic acids is 1. The molecule has 7 heteroatoms. The average Bonchev–Trinajstić information content (AvgIpc) is 3.20. The number of fused-ring (bicyclic) bond motifs is 1. The average molecular weight is 382 g/mol. The standard InChI is InChI=1S/C21H26N4O3/c1-23(2)17-4-6-18(7-5-17)24-9-11-25(12-10-24)21(26)22-14-16-3-8-19-20(13-16)28-15-27-19/h3-8,13H,9-12,14-15H2,1-2H3,(H,22,26). The second-order valence-electron chi connectivity index (χ2n) is 7.23. The Hall–Kier alpha value is -3.09. The van der Waals surface area contributed by atoms with Crippen molar-refractivity contribution in [2.24, 2.45) is 0 Å². The fourth-order valence-corrected chi connectivity index (χ4v) is 3.47. The van der Waals surface area contributed by atoms with E-state index >= 15 is 0 Å². The lowest BCUT2D eigenvalue weighted by atomic mass is 10.2. The Labute approximate surface area is 165 Å². The predicted molar refractivity (Wildman–Crippen MR) is 109 cm³/mol. The molecule has 28 heavy (non-hydrogen) atoms. The number of nitrogens with zero attached hydrogens (tertiary/aromatic N) is 3. The topological polar surface area (TPSA) is 57.3 Å². The number of hydrogen-bond acceptors (Lipinski definition) is 5. The van der Waals surface area contributed by atoms with Crippen LogP contribution in [0.25, 0.3) is 0 Å². The lowest BCUT2D eigenvalue weighted by Gasteiger charge is -2.36. The van der Waals surface area contributed by atoms with E-state index < -0.39 is 0 Å². The van der Waals surface area contributed by atoms with E-state index in [9.17, 15) is 4.79 Å². The molecule has 2 heterocycles. The van der Waals surface area contributed by atoms with Gasteiger partial charge in [0.1, 0.15) is 0 Å². The van der Waals surface area contributed by atoms with Crippen LogP contribution in [0.1, 0.15) is 5.56 Å². The molecule has 0 bridgehead atoms. The highest BCUT2D eigenvalue weighted by Gasteiger charge is 2.21. The van der Waals surface area contributed by atoms with Gasteiger partial charge in [0.2, 0.25) is 6.79 Å². The molecule has 0 spiro atoms. The fraction of sp³-hybridized carbons (Fsp3) is 0.381. The molecule has 7 nitrogen and oxygen atoms in total. The minimum Gasteiger partial charge on any atom is -0.454 e. The molecule has 148 valence electrons. The molecule has 1 fully saturated rings. The van der Waals surface area contributed by atoms with Gasteiger partial charge < -0.3 is 29.5 Å². The van der Waals surface area contributed by atoms with Crippen LogP contribution in [-0.4, -0.2) is 58.0 Å². The molecule has 0 saturated carbocycles. The first kappa shape index (κ1) is 18.3. The molecule has 2 aromatic rings. The summed E-state index contributed by atoms with van der Waals surface area (Å²) < 4.78 is 10.7. The molecule has 0 aliphatic carbocycles. The Kier molecular flexibility index (Phi) is 5.14. The fourth-order valence-electron chi connectivity index (χ4n) is 3.47. The van der Waals surface area contributed by atoms with Crippen LogP contribution in [0.15, 0.2) is 42.5 Å². The number of rotatable bonds is 4. The largest absolute Gasteiger partial charge is 0.454 e. The van der Waals surface area contributed by atoms with E-state index in [0.29, 0.717) is 19.6 Å². The maximum absolute atomic E-state index is 12.5. The second kappa shape index (κ2) is 7.88. The van der Waals surface area contributed by atoms with Gasteiger partial charge in [-0.2, -0.15) is 0 Å². The summed E-state index contributed by atoms with van der Waals surface area (Å²) in [5, 5.41) is 3.00. The summed E-state index contributed by atoms with van der Waals surface area (Å²) in [4.78, 5) is 18.8. The number of benzene rings is 2. The Bertz CT molecular complexity index is 830. The molecule has 0 radical (unpaired) electrons. The zero-order chi connectivity index (χ0) is 19.5. The summed E-state index contributed by atoms with van der Waals surface area (Å²) in [5.41, 5.74) is 3.38. The SMILES string of the molecule is CN(C)c1ccc(N2CCN(C(=O)NCc3ccc4c(c3)OCO4)CC2)cc1. The smallest absolute Gasteiger partial charge is 0.317 e. The van der Waals surface area contributed by atoms with Gasteiger partial charge in [0.25, 0.3) is 0 Å². The van der Waals surface area contributed by atoms with Crippen LogP contribution in [0.4, 0.5) is 16.2 Å². The van der Waals surface area contributed by atoms with Crippen molar-refractivity contribution in [2.45, 2.75) is 6.54 Å². The minimum atomic E-state index is -0.0275. The van der Waals surface area contributed by atoms with Crippen LogP contribution in [-0.2, 0) is 6.54 Å². The second-order valence-corrected chi connectivity index (χ2v) is 7.23. The molecule has 0 aromatic heterocycles. The Morgan fingerprint density at radius 2 is 1.71 bits per heavy atom. The van der Waals surface area contributed by atoms with E-state index in [2.05, 4.69) is 39.4 Å². The van der Waals surface area contributed by atoms with E-state index in [1.807, 2.05) is 37.2 Å². The van der Waals surface area contributed by atoms with Gasteiger partial charge in [0.15, 0.2) is 11.5 Å². The highest BCUT2D eigenvalue weighted by Crippen LogP contribution is 2.32. The first-order valence-corrected chi connectivity index (χ1v) is 9.54. The van der Waals surface area contributed by atoms with E-state index in [1.165, 1.54) is 11.4 Å². The molecule has 1 saturated heterocycles. The molecule has 2 amide bonds. The quantitative estimate of drug-likeness (QED) is 0.881. The molecule has 2 aliphatic rings. The van der Waals surface area contributed by atoms with Gasteiger partial charge in [0, 0.05) is 58.2 Å². The van der Waals surface area contributed by atoms with Crippen molar-refractivity contribution >= 4 is 17.4 Å². The highest BCUT2D eigenvalue weighted by atomic mass is 16.7. The third-order valence-corrected chi connectivity index (χ3v) is 5.18. The predicted octanol–water partition coefficient (Wildman–Crippen LogP) is 2.51. The number of piperazine rings is 1. The van der Waals surface area contributed by atoms with Crippen molar-refractivity contribution < 1.29 is 14.3 Å². The number of nitrogens with one attached hydrogen (secondary N) is 1. The van der Waals surface area contributed by atoms with E-state index in [-0.39, 0.29) is 12.8 Å². The van der Waals surface area contributed by atoms with Crippen molar-refractivity contribution in [3.05, 3.63) is 48.0 Å². The molecular weight excluding hydrogens is 356 g/mol. The summed E-state index contributed by atoms with van der Waals surface area (Å²) in [6.07, 6.45) is 0. The van der Waals surface area contributed by atoms with Gasteiger partial charge in [-0.05, 0) is 42.0 Å². The van der Waals surface area contributed by atoms with Crippen LogP contribution < -0.4 is 24.6 Å². The Balaban J connectivity index is 1.27. The van der Waals surface area contributed by atoms with Gasteiger partial charge in [-0.3, -0.25) is 0 Å². The number of ether oxygens (including phenoxy) is 2. The van der Waals surface area contributed by atoms with Crippen molar-refractivity contribution in [1.82, 2.24) is 10.2 Å². The summed E-state index contributed by atoms with van der Waals surface area (Å²) >= 11 is 0. The van der Waals surface area contributed by atoms with Crippen LogP contribution in [0.3, 0.4) is 0 Å². The van der Waals surface area contributed by atoms with Crippen LogP contribution in [0, 0.1) is 0 Å². The molecular formula is C21H26N4O3. The number of urea groups is 1. The number of amides is 2. The van der Waals surface area contributed by atoms with E-state index in [4.69, 9.17) is 9.47 Å². The van der Waals surface area contributed by atoms with Gasteiger partial charge in [0.05, 0.1) is 0 Å². The maximum atomic E-state index is 12.5. The number of hydrogen-bond donors (Lipinski definition) is 1. The van der Waals surface area contributed by atoms with Gasteiger partial charge in [-0.1, -0.05) is 6.07 Å². The van der Waals surface area contributed by atoms with Gasteiger partial charge in [-0.15, -0.1) is 0 Å². The minimum absolute atomic E-state index is 0.0275. The summed E-state index contributed by atoms with van der Waals surface area (Å²) in [6.45, 7) is 3.82. The van der Waals surface area contributed by atoms with Crippen molar-refractivity contribution in [1.29, 1.82) is 0 Å².